The second-order valence-electron chi connectivity index (χ2n) is 9.83. The molecular formula is C32H32N2O7S. The summed E-state index contributed by atoms with van der Waals surface area (Å²) in [4.78, 5) is 33.5. The van der Waals surface area contributed by atoms with Crippen LogP contribution in [0, 0.1) is 6.92 Å². The molecule has 3 aromatic carbocycles. The first-order chi connectivity index (χ1) is 20.3. The molecule has 1 fully saturated rings. The van der Waals surface area contributed by atoms with Crippen LogP contribution in [0.2, 0.25) is 0 Å². The number of aromatic nitrogens is 1. The molecule has 42 heavy (non-hydrogen) atoms. The van der Waals surface area contributed by atoms with Gasteiger partial charge in [0.1, 0.15) is 11.5 Å². The topological polar surface area (TPSA) is 107 Å². The van der Waals surface area contributed by atoms with E-state index in [1.165, 1.54) is 37.6 Å². The van der Waals surface area contributed by atoms with Gasteiger partial charge in [0.25, 0.3) is 5.78 Å². The van der Waals surface area contributed by atoms with Crippen LogP contribution >= 0.6 is 11.3 Å². The van der Waals surface area contributed by atoms with Gasteiger partial charge in [0.2, 0.25) is 5.75 Å². The molecule has 0 saturated carbocycles. The molecule has 1 aromatic heterocycles. The van der Waals surface area contributed by atoms with Gasteiger partial charge in [-0.3, -0.25) is 14.5 Å². The molecule has 1 saturated heterocycles. The molecule has 1 aliphatic heterocycles. The van der Waals surface area contributed by atoms with E-state index in [9.17, 15) is 14.7 Å². The Morgan fingerprint density at radius 1 is 1.00 bits per heavy atom. The zero-order valence-electron chi connectivity index (χ0n) is 24.1. The number of hydrogen-bond donors (Lipinski definition) is 1. The number of ketones is 1. The van der Waals surface area contributed by atoms with Crippen LogP contribution in [0.15, 0.2) is 60.2 Å². The van der Waals surface area contributed by atoms with E-state index in [0.717, 1.165) is 23.1 Å². The summed E-state index contributed by atoms with van der Waals surface area (Å²) in [6.45, 7) is 4.56. The van der Waals surface area contributed by atoms with Crippen LogP contribution in [0.5, 0.6) is 23.0 Å². The van der Waals surface area contributed by atoms with Gasteiger partial charge in [-0.1, -0.05) is 42.9 Å². The molecular weight excluding hydrogens is 556 g/mol. The molecule has 1 aliphatic rings. The summed E-state index contributed by atoms with van der Waals surface area (Å²) < 4.78 is 23.3. The van der Waals surface area contributed by atoms with Gasteiger partial charge in [0, 0.05) is 5.56 Å². The third kappa shape index (κ3) is 5.25. The fourth-order valence-corrected chi connectivity index (χ4v) is 6.04. The minimum atomic E-state index is -1.04. The van der Waals surface area contributed by atoms with Crippen LogP contribution in [-0.4, -0.2) is 49.7 Å². The standard InChI is InChI=1S/C32H32N2O7S/c1-6-7-13-41-21-10-8-9-19(15-21)28(35)26-27(20-16-23(38-3)30(40-5)24(17-20)39-4)34(31(37)29(26)36)32-33-22-12-11-18(2)14-25(22)42-32/h8-12,14-17,27,35H,6-7,13H2,1-5H3. The number of anilines is 1. The number of nitrogens with zero attached hydrogens (tertiary/aromatic N) is 2. The summed E-state index contributed by atoms with van der Waals surface area (Å²) in [5.74, 6) is -0.388. The number of fused-ring (bicyclic) bond motifs is 1. The predicted octanol–water partition coefficient (Wildman–Crippen LogP) is 6.44. The highest BCUT2D eigenvalue weighted by Gasteiger charge is 2.48. The van der Waals surface area contributed by atoms with E-state index in [1.54, 1.807) is 36.4 Å². The smallest absolute Gasteiger partial charge is 0.301 e. The monoisotopic (exact) mass is 588 g/mol. The summed E-state index contributed by atoms with van der Waals surface area (Å²) in [5.41, 5.74) is 2.47. The molecule has 218 valence electrons. The van der Waals surface area contributed by atoms with Gasteiger partial charge in [-0.25, -0.2) is 4.98 Å². The Morgan fingerprint density at radius 3 is 2.40 bits per heavy atom. The molecule has 0 aliphatic carbocycles. The summed E-state index contributed by atoms with van der Waals surface area (Å²) in [5, 5.41) is 12.0. The van der Waals surface area contributed by atoms with Gasteiger partial charge in [-0.05, 0) is 60.9 Å². The van der Waals surface area contributed by atoms with Crippen molar-refractivity contribution < 1.29 is 33.6 Å². The van der Waals surface area contributed by atoms with Crippen LogP contribution in [0.25, 0.3) is 16.0 Å². The first-order valence-corrected chi connectivity index (χ1v) is 14.3. The number of Topliss-reactive ketones (excluding diaryl/α,β-unsaturated/α-hetero) is 1. The first kappa shape index (κ1) is 28.9. The fraction of sp³-hybridized carbons (Fsp3) is 0.281. The molecule has 5 rings (SSSR count). The molecule has 1 N–H and O–H groups in total. The highest BCUT2D eigenvalue weighted by Crippen LogP contribution is 2.48. The van der Waals surface area contributed by atoms with Crippen LogP contribution in [0.4, 0.5) is 5.13 Å². The van der Waals surface area contributed by atoms with E-state index in [1.807, 2.05) is 25.1 Å². The largest absolute Gasteiger partial charge is 0.507 e. The summed E-state index contributed by atoms with van der Waals surface area (Å²) >= 11 is 1.29. The predicted molar refractivity (Wildman–Crippen MR) is 162 cm³/mol. The number of rotatable bonds is 10. The van der Waals surface area contributed by atoms with Gasteiger partial charge in [-0.2, -0.15) is 0 Å². The SMILES string of the molecule is CCCCOc1cccc(C(O)=C2C(=O)C(=O)N(c3nc4ccc(C)cc4s3)C2c2cc(OC)c(OC)c(OC)c2)c1. The fourth-order valence-electron chi connectivity index (χ4n) is 4.95. The van der Waals surface area contributed by atoms with E-state index in [4.69, 9.17) is 23.9 Å². The number of methoxy groups -OCH3 is 3. The molecule has 0 radical (unpaired) electrons. The van der Waals surface area contributed by atoms with E-state index >= 15 is 0 Å². The second kappa shape index (κ2) is 12.1. The van der Waals surface area contributed by atoms with Gasteiger partial charge >= 0.3 is 5.91 Å². The number of aliphatic hydroxyl groups is 1. The Labute approximate surface area is 247 Å². The number of carbonyl (C=O) groups is 2. The normalized spacial score (nSPS) is 16.2. The van der Waals surface area contributed by atoms with Crippen LogP contribution in [0.1, 0.15) is 42.5 Å². The lowest BCUT2D eigenvalue weighted by molar-refractivity contribution is -0.132. The third-order valence-corrected chi connectivity index (χ3v) is 8.08. The van der Waals surface area contributed by atoms with Gasteiger partial charge in [-0.15, -0.1) is 0 Å². The lowest BCUT2D eigenvalue weighted by atomic mass is 9.94. The second-order valence-corrected chi connectivity index (χ2v) is 10.8. The molecule has 2 heterocycles. The zero-order chi connectivity index (χ0) is 30.0. The van der Waals surface area contributed by atoms with Crippen molar-refractivity contribution in [1.82, 2.24) is 4.98 Å². The minimum Gasteiger partial charge on any atom is -0.507 e. The van der Waals surface area contributed by atoms with E-state index < -0.39 is 17.7 Å². The van der Waals surface area contributed by atoms with Crippen molar-refractivity contribution in [3.05, 3.63) is 76.9 Å². The number of benzene rings is 3. The molecule has 4 aromatic rings. The van der Waals surface area contributed by atoms with Crippen LogP contribution in [0.3, 0.4) is 0 Å². The van der Waals surface area contributed by atoms with Gasteiger partial charge in [0.05, 0.1) is 49.8 Å². The number of ether oxygens (including phenoxy) is 4. The average molecular weight is 589 g/mol. The van der Waals surface area contributed by atoms with Crippen LogP contribution in [-0.2, 0) is 9.59 Å². The van der Waals surface area contributed by atoms with E-state index in [-0.39, 0.29) is 11.3 Å². The van der Waals surface area contributed by atoms with Crippen molar-refractivity contribution in [3.63, 3.8) is 0 Å². The van der Waals surface area contributed by atoms with Crippen molar-refractivity contribution in [3.8, 4) is 23.0 Å². The lowest BCUT2D eigenvalue weighted by Crippen LogP contribution is -2.29. The maximum absolute atomic E-state index is 13.7. The average Bonchev–Trinajstić information content (AvgIpc) is 3.53. The Balaban J connectivity index is 1.72. The number of carbonyl (C=O) groups excluding carboxylic acids is 2. The highest BCUT2D eigenvalue weighted by atomic mass is 32.1. The number of aliphatic hydroxyl groups excluding tert-OH is 1. The number of thiazole rings is 1. The van der Waals surface area contributed by atoms with Gasteiger partial charge in [0.15, 0.2) is 16.6 Å². The quantitative estimate of drug-likeness (QED) is 0.0977. The Bertz CT molecular complexity index is 1670. The molecule has 10 heteroatoms. The zero-order valence-corrected chi connectivity index (χ0v) is 24.9. The summed E-state index contributed by atoms with van der Waals surface area (Å²) in [6, 6.07) is 14.9. The number of hydrogen-bond acceptors (Lipinski definition) is 9. The number of aryl methyl sites for hydroxylation is 1. The Kier molecular flexibility index (Phi) is 8.35. The number of amides is 1. The van der Waals surface area contributed by atoms with Gasteiger partial charge < -0.3 is 24.1 Å². The minimum absolute atomic E-state index is 0.0876. The Morgan fingerprint density at radius 2 is 1.74 bits per heavy atom. The molecule has 1 atom stereocenters. The Hall–Kier alpha value is -4.57. The van der Waals surface area contributed by atoms with Crippen molar-refractivity contribution >= 4 is 44.1 Å². The first-order valence-electron chi connectivity index (χ1n) is 13.5. The molecule has 1 unspecified atom stereocenters. The molecule has 0 spiro atoms. The summed E-state index contributed by atoms with van der Waals surface area (Å²) in [6.07, 6.45) is 1.85. The lowest BCUT2D eigenvalue weighted by Gasteiger charge is -2.24. The molecule has 1 amide bonds. The van der Waals surface area contributed by atoms with Crippen molar-refractivity contribution in [2.24, 2.45) is 0 Å². The summed E-state index contributed by atoms with van der Waals surface area (Å²) in [7, 11) is 4.46. The van der Waals surface area contributed by atoms with Crippen molar-refractivity contribution in [2.75, 3.05) is 32.8 Å². The maximum atomic E-state index is 13.7. The van der Waals surface area contributed by atoms with Crippen LogP contribution < -0.4 is 23.8 Å². The molecule has 9 nitrogen and oxygen atoms in total. The van der Waals surface area contributed by atoms with Crippen molar-refractivity contribution in [1.29, 1.82) is 0 Å². The van der Waals surface area contributed by atoms with E-state index in [2.05, 4.69) is 6.92 Å². The molecule has 0 bridgehead atoms. The third-order valence-electron chi connectivity index (χ3n) is 7.06. The maximum Gasteiger partial charge on any atom is 0.301 e. The highest BCUT2D eigenvalue weighted by molar-refractivity contribution is 7.22. The van der Waals surface area contributed by atoms with Crippen molar-refractivity contribution in [2.45, 2.75) is 32.7 Å². The number of unbranched alkanes of at least 4 members (excludes halogenated alkanes) is 1. The van der Waals surface area contributed by atoms with E-state index in [0.29, 0.717) is 51.4 Å².